The largest absolute Gasteiger partial charge is 0.312 e. The number of nitrogens with one attached hydrogen (secondary N) is 1. The van der Waals surface area contributed by atoms with Gasteiger partial charge in [0.25, 0.3) is 0 Å². The second-order valence-electron chi connectivity index (χ2n) is 5.24. The van der Waals surface area contributed by atoms with Crippen molar-refractivity contribution < 1.29 is 4.21 Å². The van der Waals surface area contributed by atoms with Crippen LogP contribution in [0.15, 0.2) is 59.5 Å². The summed E-state index contributed by atoms with van der Waals surface area (Å²) in [5.41, 5.74) is 2.62. The van der Waals surface area contributed by atoms with E-state index in [1.165, 1.54) is 11.1 Å². The molecule has 0 spiro atoms. The summed E-state index contributed by atoms with van der Waals surface area (Å²) < 4.78 is 11.4. The third-order valence-corrected chi connectivity index (χ3v) is 4.67. The first-order valence-electron chi connectivity index (χ1n) is 7.38. The summed E-state index contributed by atoms with van der Waals surface area (Å²) >= 11 is 0. The molecule has 2 atom stereocenters. The number of benzene rings is 2. The van der Waals surface area contributed by atoms with Gasteiger partial charge in [-0.05, 0) is 35.6 Å². The molecule has 3 heteroatoms. The van der Waals surface area contributed by atoms with Crippen LogP contribution >= 0.6 is 0 Å². The van der Waals surface area contributed by atoms with Crippen molar-refractivity contribution >= 4 is 10.8 Å². The highest BCUT2D eigenvalue weighted by atomic mass is 32.2. The highest BCUT2D eigenvalue weighted by Gasteiger charge is 2.08. The highest BCUT2D eigenvalue weighted by Crippen LogP contribution is 2.18. The van der Waals surface area contributed by atoms with Gasteiger partial charge < -0.3 is 5.32 Å². The van der Waals surface area contributed by atoms with Gasteiger partial charge in [0.1, 0.15) is 0 Å². The summed E-state index contributed by atoms with van der Waals surface area (Å²) in [7, 11) is -0.897. The maximum absolute atomic E-state index is 11.4. The smallest absolute Gasteiger partial charge is 0.0498 e. The molecule has 0 saturated heterocycles. The minimum Gasteiger partial charge on any atom is -0.312 e. The first kappa shape index (κ1) is 15.9. The van der Waals surface area contributed by atoms with Gasteiger partial charge in [-0.15, -0.1) is 0 Å². The molecule has 0 aliphatic carbocycles. The number of hydrogen-bond acceptors (Lipinski definition) is 2. The Kier molecular flexibility index (Phi) is 6.15. The van der Waals surface area contributed by atoms with Crippen LogP contribution < -0.4 is 5.32 Å². The van der Waals surface area contributed by atoms with E-state index in [-0.39, 0.29) is 0 Å². The lowest BCUT2D eigenvalue weighted by Gasteiger charge is -2.16. The second-order valence-corrected chi connectivity index (χ2v) is 6.62. The van der Waals surface area contributed by atoms with Crippen LogP contribution in [0.1, 0.15) is 30.4 Å². The third kappa shape index (κ3) is 4.80. The van der Waals surface area contributed by atoms with Crippen molar-refractivity contribution in [3.63, 3.8) is 0 Å². The van der Waals surface area contributed by atoms with Crippen molar-refractivity contribution in [2.45, 2.75) is 30.7 Å². The summed E-state index contributed by atoms with van der Waals surface area (Å²) in [4.78, 5) is 0.884. The molecule has 1 N–H and O–H groups in total. The Morgan fingerprint density at radius 3 is 2.29 bits per heavy atom. The van der Waals surface area contributed by atoms with Gasteiger partial charge in [-0.25, -0.2) is 0 Å². The molecule has 0 aliphatic rings. The lowest BCUT2D eigenvalue weighted by atomic mass is 9.96. The molecule has 0 aromatic heterocycles. The van der Waals surface area contributed by atoms with Crippen LogP contribution in [0.2, 0.25) is 0 Å². The number of rotatable bonds is 7. The lowest BCUT2D eigenvalue weighted by Crippen LogP contribution is -2.20. The van der Waals surface area contributed by atoms with Gasteiger partial charge in [0, 0.05) is 35.0 Å². The molecule has 2 aromatic rings. The van der Waals surface area contributed by atoms with Crippen LogP contribution in [0, 0.1) is 0 Å². The Hall–Kier alpha value is -1.45. The first-order chi connectivity index (χ1) is 10.2. The van der Waals surface area contributed by atoms with Crippen molar-refractivity contribution in [1.29, 1.82) is 0 Å². The van der Waals surface area contributed by atoms with Crippen LogP contribution in [0.5, 0.6) is 0 Å². The van der Waals surface area contributed by atoms with Crippen LogP contribution in [-0.2, 0) is 17.3 Å². The summed E-state index contributed by atoms with van der Waals surface area (Å²) in [6.45, 7) is 4.05. The predicted molar refractivity (Wildman–Crippen MR) is 90.0 cm³/mol. The van der Waals surface area contributed by atoms with Gasteiger partial charge in [-0.1, -0.05) is 49.4 Å². The van der Waals surface area contributed by atoms with Gasteiger partial charge in [0.15, 0.2) is 0 Å². The fourth-order valence-electron chi connectivity index (χ4n) is 2.41. The fourth-order valence-corrected chi connectivity index (χ4v) is 2.93. The molecule has 0 amide bonds. The molecule has 2 rings (SSSR count). The third-order valence-electron chi connectivity index (χ3n) is 3.74. The Morgan fingerprint density at radius 2 is 1.71 bits per heavy atom. The van der Waals surface area contributed by atoms with Crippen molar-refractivity contribution in [1.82, 2.24) is 5.32 Å². The molecule has 0 bridgehead atoms. The Morgan fingerprint density at radius 1 is 1.05 bits per heavy atom. The molecular weight excluding hydrogens is 278 g/mol. The Balaban J connectivity index is 1.87. The van der Waals surface area contributed by atoms with Crippen LogP contribution in [0.4, 0.5) is 0 Å². The van der Waals surface area contributed by atoms with Gasteiger partial charge in [-0.3, -0.25) is 4.21 Å². The molecule has 0 radical (unpaired) electrons. The second kappa shape index (κ2) is 8.11. The monoisotopic (exact) mass is 301 g/mol. The number of hydrogen-bond donors (Lipinski definition) is 1. The van der Waals surface area contributed by atoms with Gasteiger partial charge in [0.2, 0.25) is 0 Å². The summed E-state index contributed by atoms with van der Waals surface area (Å²) in [6, 6.07) is 18.6. The van der Waals surface area contributed by atoms with E-state index >= 15 is 0 Å². The molecule has 0 aliphatic heterocycles. The maximum atomic E-state index is 11.4. The molecular formula is C18H23NOS. The molecule has 0 unspecified atom stereocenters. The zero-order chi connectivity index (χ0) is 15.1. The van der Waals surface area contributed by atoms with E-state index in [0.717, 1.165) is 24.4 Å². The van der Waals surface area contributed by atoms with Gasteiger partial charge >= 0.3 is 0 Å². The van der Waals surface area contributed by atoms with E-state index < -0.39 is 10.8 Å². The average Bonchev–Trinajstić information content (AvgIpc) is 2.53. The molecule has 2 nitrogen and oxygen atoms in total. The van der Waals surface area contributed by atoms with Crippen LogP contribution in [-0.4, -0.2) is 17.0 Å². The Bertz CT molecular complexity index is 566. The maximum Gasteiger partial charge on any atom is 0.0498 e. The van der Waals surface area contributed by atoms with Crippen LogP contribution in [0.25, 0.3) is 0 Å². The van der Waals surface area contributed by atoms with E-state index in [1.54, 1.807) is 6.26 Å². The topological polar surface area (TPSA) is 29.1 Å². The van der Waals surface area contributed by atoms with E-state index in [2.05, 4.69) is 42.6 Å². The first-order valence-corrected chi connectivity index (χ1v) is 8.94. The summed E-state index contributed by atoms with van der Waals surface area (Å²) in [5, 5.41) is 3.52. The van der Waals surface area contributed by atoms with Gasteiger partial charge in [0.05, 0.1) is 0 Å². The highest BCUT2D eigenvalue weighted by molar-refractivity contribution is 7.84. The molecule has 0 fully saturated rings. The van der Waals surface area contributed by atoms with Crippen molar-refractivity contribution in [3.05, 3.63) is 65.7 Å². The summed E-state index contributed by atoms with van der Waals surface area (Å²) in [6.07, 6.45) is 2.84. The van der Waals surface area contributed by atoms with Gasteiger partial charge in [-0.2, -0.15) is 0 Å². The normalized spacial score (nSPS) is 13.8. The molecule has 21 heavy (non-hydrogen) atoms. The summed E-state index contributed by atoms with van der Waals surface area (Å²) in [5.74, 6) is 0.550. The molecule has 0 heterocycles. The predicted octanol–water partition coefficient (Wildman–Crippen LogP) is 3.71. The molecule has 112 valence electrons. The van der Waals surface area contributed by atoms with Crippen LogP contribution in [0.3, 0.4) is 0 Å². The van der Waals surface area contributed by atoms with Crippen molar-refractivity contribution in [2.75, 3.05) is 12.8 Å². The minimum atomic E-state index is -0.897. The molecule has 2 aromatic carbocycles. The SMILES string of the molecule is CC[C@H](CNCc1ccc([S@](C)=O)cc1)c1ccccc1. The van der Waals surface area contributed by atoms with E-state index in [0.29, 0.717) is 5.92 Å². The van der Waals surface area contributed by atoms with Crippen molar-refractivity contribution in [2.24, 2.45) is 0 Å². The lowest BCUT2D eigenvalue weighted by molar-refractivity contribution is 0.569. The Labute approximate surface area is 130 Å². The zero-order valence-corrected chi connectivity index (χ0v) is 13.5. The van der Waals surface area contributed by atoms with Crippen molar-refractivity contribution in [3.8, 4) is 0 Å². The fraction of sp³-hybridized carbons (Fsp3) is 0.333. The quantitative estimate of drug-likeness (QED) is 0.844. The molecule has 0 saturated carbocycles. The standard InChI is InChI=1S/C18H23NOS/c1-3-16(17-7-5-4-6-8-17)14-19-13-15-9-11-18(12-10-15)21(2)20/h4-12,16,19H,3,13-14H2,1-2H3/t16-,21+/m1/s1. The van der Waals surface area contributed by atoms with E-state index in [9.17, 15) is 4.21 Å². The average molecular weight is 301 g/mol. The zero-order valence-electron chi connectivity index (χ0n) is 12.7. The minimum absolute atomic E-state index is 0.550. The van der Waals surface area contributed by atoms with E-state index in [1.807, 2.05) is 24.3 Å². The van der Waals surface area contributed by atoms with E-state index in [4.69, 9.17) is 0 Å².